The van der Waals surface area contributed by atoms with Crippen molar-refractivity contribution in [1.82, 2.24) is 9.66 Å². The number of nitrogens with zero attached hydrogens (tertiary/aromatic N) is 3. The van der Waals surface area contributed by atoms with Gasteiger partial charge in [0.25, 0.3) is 5.56 Å². The van der Waals surface area contributed by atoms with Crippen molar-refractivity contribution in [3.8, 4) is 11.5 Å². The first-order chi connectivity index (χ1) is 17.7. The number of hydrogen-bond donors (Lipinski definition) is 0. The molecule has 0 saturated heterocycles. The Morgan fingerprint density at radius 1 is 1.08 bits per heavy atom. The fourth-order valence-electron chi connectivity index (χ4n) is 3.67. The van der Waals surface area contributed by atoms with E-state index in [-0.39, 0.29) is 18.1 Å². The van der Waals surface area contributed by atoms with Crippen LogP contribution in [0.2, 0.25) is 10.0 Å². The minimum atomic E-state index is -0.252. The summed E-state index contributed by atoms with van der Waals surface area (Å²) < 4.78 is 14.6. The average molecular weight is 668 g/mol. The van der Waals surface area contributed by atoms with E-state index in [1.165, 1.54) is 4.68 Å². The van der Waals surface area contributed by atoms with Gasteiger partial charge in [-0.05, 0) is 54.4 Å². The van der Waals surface area contributed by atoms with Gasteiger partial charge in [-0.1, -0.05) is 75.0 Å². The van der Waals surface area contributed by atoms with Crippen molar-refractivity contribution >= 4 is 72.2 Å². The summed E-state index contributed by atoms with van der Waals surface area (Å²) >= 11 is 19.2. The zero-order chi connectivity index (χ0) is 26.7. The summed E-state index contributed by atoms with van der Waals surface area (Å²) in [7, 11) is 1.56. The smallest absolute Gasteiger partial charge is 0.282 e. The second kappa shape index (κ2) is 12.0. The fourth-order valence-corrected chi connectivity index (χ4v) is 4.81. The van der Waals surface area contributed by atoms with Crippen LogP contribution in [0.25, 0.3) is 10.9 Å². The average Bonchev–Trinajstić information content (AvgIpc) is 2.88. The van der Waals surface area contributed by atoms with Crippen molar-refractivity contribution in [3.63, 3.8) is 0 Å². The number of methoxy groups -OCH3 is 1. The lowest BCUT2D eigenvalue weighted by atomic mass is 10.1. The molecule has 0 saturated carbocycles. The lowest BCUT2D eigenvalue weighted by molar-refractivity contribution is 0.284. The molecule has 0 fully saturated rings. The summed E-state index contributed by atoms with van der Waals surface area (Å²) in [6.45, 7) is 4.29. The van der Waals surface area contributed by atoms with Crippen LogP contribution in [0.1, 0.15) is 43.1 Å². The molecule has 3 aromatic carbocycles. The van der Waals surface area contributed by atoms with Gasteiger partial charge < -0.3 is 9.47 Å². The molecule has 0 unspecified atom stereocenters. The van der Waals surface area contributed by atoms with Crippen LogP contribution in [0.15, 0.2) is 67.4 Å². The molecule has 1 aromatic heterocycles. The zero-order valence-corrected chi connectivity index (χ0v) is 24.9. The van der Waals surface area contributed by atoms with Gasteiger partial charge >= 0.3 is 0 Å². The van der Waals surface area contributed by atoms with E-state index < -0.39 is 0 Å². The van der Waals surface area contributed by atoms with Gasteiger partial charge in [-0.3, -0.25) is 4.79 Å². The molecule has 4 rings (SSSR count). The predicted octanol–water partition coefficient (Wildman–Crippen LogP) is 8.21. The van der Waals surface area contributed by atoms with Gasteiger partial charge in [0, 0.05) is 20.4 Å². The van der Waals surface area contributed by atoms with E-state index in [0.717, 1.165) is 20.9 Å². The van der Waals surface area contributed by atoms with Crippen LogP contribution >= 0.6 is 55.1 Å². The van der Waals surface area contributed by atoms with E-state index in [1.54, 1.807) is 37.6 Å². The number of rotatable bonds is 8. The van der Waals surface area contributed by atoms with Crippen LogP contribution in [0.3, 0.4) is 0 Å². The molecule has 10 heteroatoms. The maximum atomic E-state index is 13.5. The van der Waals surface area contributed by atoms with Crippen LogP contribution in [-0.2, 0) is 6.61 Å². The Balaban J connectivity index is 1.80. The van der Waals surface area contributed by atoms with Crippen LogP contribution in [0.5, 0.6) is 11.5 Å². The maximum Gasteiger partial charge on any atom is 0.282 e. The van der Waals surface area contributed by atoms with Gasteiger partial charge in [0.1, 0.15) is 12.4 Å². The number of halogens is 4. The SMILES string of the molecule is CC[C@H](C)c1nc2ccc(Br)cc2c(=O)n1N=Cc1cc(Br)cc(OC)c1OCc1ccc(Cl)c(Cl)c1. The van der Waals surface area contributed by atoms with Gasteiger partial charge in [0.2, 0.25) is 0 Å². The van der Waals surface area contributed by atoms with E-state index >= 15 is 0 Å². The molecule has 0 bridgehead atoms. The molecule has 0 N–H and O–H groups in total. The van der Waals surface area contributed by atoms with E-state index in [1.807, 2.05) is 38.1 Å². The lowest BCUT2D eigenvalue weighted by Gasteiger charge is -2.16. The van der Waals surface area contributed by atoms with Crippen molar-refractivity contribution in [2.24, 2.45) is 5.10 Å². The normalized spacial score (nSPS) is 12.3. The Labute approximate surface area is 241 Å². The number of hydrogen-bond acceptors (Lipinski definition) is 5. The summed E-state index contributed by atoms with van der Waals surface area (Å²) in [5, 5.41) is 5.98. The van der Waals surface area contributed by atoms with Gasteiger partial charge in [-0.15, -0.1) is 0 Å². The van der Waals surface area contributed by atoms with Crippen LogP contribution in [0.4, 0.5) is 0 Å². The standard InChI is InChI=1S/C27H23Br2Cl2N3O3/c1-4-15(2)26-33-23-8-6-18(28)11-20(23)27(35)34(26)32-13-17-10-19(29)12-24(36-3)25(17)37-14-16-5-7-21(30)22(31)9-16/h5-13,15H,4,14H2,1-3H3/t15-/m0/s1. The molecular formula is C27H23Br2Cl2N3O3. The highest BCUT2D eigenvalue weighted by Crippen LogP contribution is 2.35. The molecule has 0 radical (unpaired) electrons. The zero-order valence-electron chi connectivity index (χ0n) is 20.3. The second-order valence-corrected chi connectivity index (χ2v) is 11.0. The topological polar surface area (TPSA) is 65.7 Å². The van der Waals surface area contributed by atoms with Crippen molar-refractivity contribution < 1.29 is 9.47 Å². The van der Waals surface area contributed by atoms with E-state index in [0.29, 0.717) is 43.8 Å². The lowest BCUT2D eigenvalue weighted by Crippen LogP contribution is -2.23. The van der Waals surface area contributed by atoms with Crippen LogP contribution in [-0.4, -0.2) is 23.0 Å². The third-order valence-electron chi connectivity index (χ3n) is 5.83. The fraction of sp³-hybridized carbons (Fsp3) is 0.222. The van der Waals surface area contributed by atoms with Gasteiger partial charge in [-0.25, -0.2) is 4.98 Å². The van der Waals surface area contributed by atoms with Crippen LogP contribution in [0, 0.1) is 0 Å². The number of fused-ring (bicyclic) bond motifs is 1. The third kappa shape index (κ3) is 6.20. The molecule has 1 heterocycles. The summed E-state index contributed by atoms with van der Waals surface area (Å²) in [5.74, 6) is 1.57. The van der Waals surface area contributed by atoms with Gasteiger partial charge in [0.05, 0.1) is 34.3 Å². The minimum absolute atomic E-state index is 0.0142. The van der Waals surface area contributed by atoms with Gasteiger partial charge in [-0.2, -0.15) is 9.78 Å². The second-order valence-electron chi connectivity index (χ2n) is 8.37. The monoisotopic (exact) mass is 665 g/mol. The first-order valence-electron chi connectivity index (χ1n) is 11.4. The van der Waals surface area contributed by atoms with E-state index in [9.17, 15) is 4.79 Å². The molecule has 37 heavy (non-hydrogen) atoms. The largest absolute Gasteiger partial charge is 0.493 e. The number of aromatic nitrogens is 2. The highest BCUT2D eigenvalue weighted by atomic mass is 79.9. The van der Waals surface area contributed by atoms with Gasteiger partial charge in [0.15, 0.2) is 11.5 Å². The van der Waals surface area contributed by atoms with Crippen LogP contribution < -0.4 is 15.0 Å². The molecule has 0 spiro atoms. The first-order valence-corrected chi connectivity index (χ1v) is 13.8. The Morgan fingerprint density at radius 2 is 1.86 bits per heavy atom. The highest BCUT2D eigenvalue weighted by Gasteiger charge is 2.17. The number of ether oxygens (including phenoxy) is 2. The summed E-state index contributed by atoms with van der Waals surface area (Å²) in [4.78, 5) is 18.3. The third-order valence-corrected chi connectivity index (χ3v) is 7.52. The molecule has 0 aliphatic carbocycles. The molecule has 4 aromatic rings. The molecule has 0 aliphatic rings. The summed E-state index contributed by atoms with van der Waals surface area (Å²) in [6.07, 6.45) is 2.38. The Bertz CT molecular complexity index is 1560. The first kappa shape index (κ1) is 27.6. The van der Waals surface area contributed by atoms with E-state index in [2.05, 4.69) is 37.0 Å². The van der Waals surface area contributed by atoms with Crippen molar-refractivity contribution in [1.29, 1.82) is 0 Å². The Morgan fingerprint density at radius 3 is 2.57 bits per heavy atom. The molecule has 0 amide bonds. The molecule has 0 aliphatic heterocycles. The Kier molecular flexibility index (Phi) is 8.95. The summed E-state index contributed by atoms with van der Waals surface area (Å²) in [6, 6.07) is 14.4. The quantitative estimate of drug-likeness (QED) is 0.178. The van der Waals surface area contributed by atoms with Crippen molar-refractivity contribution in [2.45, 2.75) is 32.8 Å². The number of benzene rings is 3. The predicted molar refractivity (Wildman–Crippen MR) is 157 cm³/mol. The van der Waals surface area contributed by atoms with Crippen molar-refractivity contribution in [3.05, 3.63) is 94.8 Å². The minimum Gasteiger partial charge on any atom is -0.493 e. The molecular weight excluding hydrogens is 645 g/mol. The molecule has 1 atom stereocenters. The van der Waals surface area contributed by atoms with Crippen molar-refractivity contribution in [2.75, 3.05) is 7.11 Å². The highest BCUT2D eigenvalue weighted by molar-refractivity contribution is 9.10. The molecule has 6 nitrogen and oxygen atoms in total. The maximum absolute atomic E-state index is 13.5. The summed E-state index contributed by atoms with van der Waals surface area (Å²) in [5.41, 5.74) is 1.83. The Hall–Kier alpha value is -2.39. The van der Waals surface area contributed by atoms with E-state index in [4.69, 9.17) is 37.7 Å². The molecule has 192 valence electrons.